The number of aromatic amines is 1. The largest absolute Gasteiger partial charge is 0.306 e. The Bertz CT molecular complexity index is 1140. The zero-order valence-corrected chi connectivity index (χ0v) is 16.2. The van der Waals surface area contributed by atoms with E-state index < -0.39 is 0 Å². The second-order valence-corrected chi connectivity index (χ2v) is 8.07. The predicted octanol–water partition coefficient (Wildman–Crippen LogP) is 5.70. The fourth-order valence-electron chi connectivity index (χ4n) is 3.05. The highest BCUT2D eigenvalue weighted by molar-refractivity contribution is 9.10. The Balaban J connectivity index is 1.97. The average molecular weight is 411 g/mol. The number of hydrogen-bond acceptors (Lipinski definition) is 3. The van der Waals surface area contributed by atoms with E-state index in [2.05, 4.69) is 20.9 Å². The molecule has 5 heteroatoms. The van der Waals surface area contributed by atoms with Crippen LogP contribution in [-0.4, -0.2) is 9.97 Å². The van der Waals surface area contributed by atoms with Crippen LogP contribution >= 0.6 is 27.3 Å². The van der Waals surface area contributed by atoms with E-state index in [9.17, 15) is 4.79 Å². The Hall–Kier alpha value is -2.24. The Morgan fingerprint density at radius 1 is 1.04 bits per heavy atom. The van der Waals surface area contributed by atoms with Gasteiger partial charge in [0, 0.05) is 20.5 Å². The van der Waals surface area contributed by atoms with Crippen molar-refractivity contribution < 1.29 is 0 Å². The quantitative estimate of drug-likeness (QED) is 0.460. The average Bonchev–Trinajstić information content (AvgIpc) is 2.92. The van der Waals surface area contributed by atoms with Gasteiger partial charge in [0.1, 0.15) is 10.7 Å². The molecule has 0 radical (unpaired) electrons. The second-order valence-electron chi connectivity index (χ2n) is 5.95. The molecular formula is C20H15BrN2OS. The molecule has 4 rings (SSSR count). The molecule has 124 valence electrons. The maximum absolute atomic E-state index is 12.9. The van der Waals surface area contributed by atoms with Gasteiger partial charge >= 0.3 is 0 Å². The highest BCUT2D eigenvalue weighted by Crippen LogP contribution is 2.36. The number of benzene rings is 2. The lowest BCUT2D eigenvalue weighted by atomic mass is 10.0. The molecule has 0 aliphatic carbocycles. The van der Waals surface area contributed by atoms with Crippen molar-refractivity contribution in [3.63, 3.8) is 0 Å². The van der Waals surface area contributed by atoms with Gasteiger partial charge in [0.2, 0.25) is 0 Å². The van der Waals surface area contributed by atoms with Crippen molar-refractivity contribution >= 4 is 37.5 Å². The Morgan fingerprint density at radius 2 is 1.76 bits per heavy atom. The Morgan fingerprint density at radius 3 is 2.48 bits per heavy atom. The molecule has 0 unspecified atom stereocenters. The van der Waals surface area contributed by atoms with Crippen molar-refractivity contribution in [2.75, 3.05) is 0 Å². The summed E-state index contributed by atoms with van der Waals surface area (Å²) in [4.78, 5) is 22.4. The van der Waals surface area contributed by atoms with E-state index in [1.165, 1.54) is 0 Å². The number of hydrogen-bond donors (Lipinski definition) is 1. The highest BCUT2D eigenvalue weighted by atomic mass is 79.9. The normalized spacial score (nSPS) is 11.2. The number of fused-ring (bicyclic) bond motifs is 1. The molecule has 25 heavy (non-hydrogen) atoms. The van der Waals surface area contributed by atoms with E-state index in [4.69, 9.17) is 4.98 Å². The first-order valence-corrected chi connectivity index (χ1v) is 9.51. The number of nitrogens with one attached hydrogen (secondary N) is 1. The third-order valence-electron chi connectivity index (χ3n) is 4.27. The molecule has 2 heterocycles. The monoisotopic (exact) mass is 410 g/mol. The molecule has 0 aliphatic heterocycles. The van der Waals surface area contributed by atoms with Crippen molar-refractivity contribution in [2.24, 2.45) is 0 Å². The summed E-state index contributed by atoms with van der Waals surface area (Å²) in [5.41, 5.74) is 3.95. The number of aryl methyl sites for hydroxylation is 2. The first-order valence-electron chi connectivity index (χ1n) is 7.90. The van der Waals surface area contributed by atoms with Gasteiger partial charge in [-0.25, -0.2) is 4.98 Å². The fraction of sp³-hybridized carbons (Fsp3) is 0.100. The molecule has 0 fully saturated rings. The van der Waals surface area contributed by atoms with Gasteiger partial charge in [0.15, 0.2) is 0 Å². The zero-order chi connectivity index (χ0) is 17.6. The number of H-pyrrole nitrogens is 1. The van der Waals surface area contributed by atoms with Crippen molar-refractivity contribution in [3.8, 4) is 22.5 Å². The van der Waals surface area contributed by atoms with Crippen molar-refractivity contribution in [2.45, 2.75) is 13.8 Å². The molecule has 2 aromatic carbocycles. The number of aromatic nitrogens is 2. The minimum Gasteiger partial charge on any atom is -0.306 e. The summed E-state index contributed by atoms with van der Waals surface area (Å²) in [5, 5.41) is 0.669. The van der Waals surface area contributed by atoms with Crippen LogP contribution in [0.4, 0.5) is 0 Å². The number of thiophene rings is 1. The summed E-state index contributed by atoms with van der Waals surface area (Å²) < 4.78 is 1.02. The van der Waals surface area contributed by atoms with Gasteiger partial charge in [0.25, 0.3) is 5.56 Å². The molecule has 3 nitrogen and oxygen atoms in total. The maximum Gasteiger partial charge on any atom is 0.260 e. The number of rotatable bonds is 2. The summed E-state index contributed by atoms with van der Waals surface area (Å²) in [5.74, 6) is 0.624. The Kier molecular flexibility index (Phi) is 4.06. The first-order chi connectivity index (χ1) is 12.0. The number of nitrogens with zero attached hydrogens (tertiary/aromatic N) is 1. The minimum absolute atomic E-state index is 0.0921. The molecule has 0 atom stereocenters. The van der Waals surface area contributed by atoms with Crippen LogP contribution in [0.25, 0.3) is 32.7 Å². The summed E-state index contributed by atoms with van der Waals surface area (Å²) in [6.07, 6.45) is 0. The van der Waals surface area contributed by atoms with Gasteiger partial charge in [-0.15, -0.1) is 11.3 Å². The molecule has 0 saturated carbocycles. The van der Waals surface area contributed by atoms with Gasteiger partial charge in [-0.3, -0.25) is 4.79 Å². The molecule has 0 aliphatic rings. The smallest absolute Gasteiger partial charge is 0.260 e. The molecular weight excluding hydrogens is 396 g/mol. The second kappa shape index (κ2) is 6.24. The van der Waals surface area contributed by atoms with E-state index >= 15 is 0 Å². The fourth-order valence-corrected chi connectivity index (χ4v) is 4.36. The zero-order valence-electron chi connectivity index (χ0n) is 13.8. The van der Waals surface area contributed by atoms with Crippen molar-refractivity contribution in [1.29, 1.82) is 0 Å². The topological polar surface area (TPSA) is 45.8 Å². The maximum atomic E-state index is 12.9. The summed E-state index contributed by atoms with van der Waals surface area (Å²) in [7, 11) is 0. The predicted molar refractivity (Wildman–Crippen MR) is 108 cm³/mol. The number of halogens is 1. The van der Waals surface area contributed by atoms with Crippen LogP contribution in [-0.2, 0) is 0 Å². The van der Waals surface area contributed by atoms with E-state index in [1.807, 2.05) is 62.4 Å². The Labute approximate surface area is 157 Å². The van der Waals surface area contributed by atoms with E-state index in [0.717, 1.165) is 36.4 Å². The molecule has 0 amide bonds. The van der Waals surface area contributed by atoms with Crippen LogP contribution in [0.3, 0.4) is 0 Å². The summed E-state index contributed by atoms with van der Waals surface area (Å²) in [6, 6.07) is 16.0. The standard InChI is InChI=1S/C20H15BrN2OS/c1-11-5-3-4-6-15(11)18-22-19(24)17-16(12(2)25-20(17)23-18)13-7-9-14(21)10-8-13/h3-10H,1-2H3,(H,22,23,24). The van der Waals surface area contributed by atoms with Gasteiger partial charge in [-0.2, -0.15) is 0 Å². The third kappa shape index (κ3) is 2.83. The molecule has 0 spiro atoms. The van der Waals surface area contributed by atoms with Crippen LogP contribution in [0.15, 0.2) is 57.8 Å². The third-order valence-corrected chi connectivity index (χ3v) is 5.80. The van der Waals surface area contributed by atoms with Crippen LogP contribution in [0, 0.1) is 13.8 Å². The SMILES string of the molecule is Cc1ccccc1-c1nc2sc(C)c(-c3ccc(Br)cc3)c2c(=O)[nH]1. The lowest BCUT2D eigenvalue weighted by Crippen LogP contribution is -2.09. The van der Waals surface area contributed by atoms with E-state index in [0.29, 0.717) is 11.2 Å². The van der Waals surface area contributed by atoms with Gasteiger partial charge in [0.05, 0.1) is 5.39 Å². The van der Waals surface area contributed by atoms with Crippen LogP contribution in [0.5, 0.6) is 0 Å². The molecule has 0 bridgehead atoms. The van der Waals surface area contributed by atoms with Gasteiger partial charge in [-0.05, 0) is 37.1 Å². The lowest BCUT2D eigenvalue weighted by Gasteiger charge is -2.05. The van der Waals surface area contributed by atoms with Crippen molar-refractivity contribution in [3.05, 3.63) is 73.8 Å². The van der Waals surface area contributed by atoms with E-state index in [-0.39, 0.29) is 5.56 Å². The van der Waals surface area contributed by atoms with Crippen LogP contribution in [0.2, 0.25) is 0 Å². The summed E-state index contributed by atoms with van der Waals surface area (Å²) in [6.45, 7) is 4.06. The first kappa shape index (κ1) is 16.2. The lowest BCUT2D eigenvalue weighted by molar-refractivity contribution is 1.18. The van der Waals surface area contributed by atoms with E-state index in [1.54, 1.807) is 11.3 Å². The molecule has 4 aromatic rings. The van der Waals surface area contributed by atoms with Crippen LogP contribution < -0.4 is 5.56 Å². The molecule has 2 aromatic heterocycles. The van der Waals surface area contributed by atoms with Crippen LogP contribution in [0.1, 0.15) is 10.4 Å². The van der Waals surface area contributed by atoms with Gasteiger partial charge < -0.3 is 4.98 Å². The molecule has 1 N–H and O–H groups in total. The van der Waals surface area contributed by atoms with Gasteiger partial charge in [-0.1, -0.05) is 52.3 Å². The van der Waals surface area contributed by atoms with Crippen molar-refractivity contribution in [1.82, 2.24) is 9.97 Å². The highest BCUT2D eigenvalue weighted by Gasteiger charge is 2.17. The molecule has 0 saturated heterocycles. The summed E-state index contributed by atoms with van der Waals surface area (Å²) >= 11 is 5.02. The minimum atomic E-state index is -0.0921.